The summed E-state index contributed by atoms with van der Waals surface area (Å²) in [6.07, 6.45) is 0.626. The van der Waals surface area contributed by atoms with Crippen molar-refractivity contribution in [2.75, 3.05) is 26.2 Å². The fourth-order valence-corrected chi connectivity index (χ4v) is 1.84. The molecule has 1 aliphatic rings. The third-order valence-corrected chi connectivity index (χ3v) is 2.86. The number of hydrogen-bond donors (Lipinski definition) is 1. The molecule has 92 valence electrons. The third-order valence-electron chi connectivity index (χ3n) is 2.86. The zero-order valence-corrected chi connectivity index (χ0v) is 9.94. The molecule has 1 saturated heterocycles. The lowest BCUT2D eigenvalue weighted by Gasteiger charge is -2.28. The van der Waals surface area contributed by atoms with Crippen LogP contribution in [0, 0.1) is 0 Å². The summed E-state index contributed by atoms with van der Waals surface area (Å²) < 4.78 is 4.68. The van der Waals surface area contributed by atoms with Gasteiger partial charge in [0.1, 0.15) is 6.61 Å². The number of rotatable bonds is 7. The predicted octanol–water partition coefficient (Wildman–Crippen LogP) is -0.199. The van der Waals surface area contributed by atoms with Crippen molar-refractivity contribution in [1.29, 1.82) is 0 Å². The van der Waals surface area contributed by atoms with Crippen molar-refractivity contribution in [3.05, 3.63) is 0 Å². The molecule has 1 rings (SSSR count). The van der Waals surface area contributed by atoms with Crippen molar-refractivity contribution in [1.82, 2.24) is 10.2 Å². The summed E-state index contributed by atoms with van der Waals surface area (Å²) in [5, 5.41) is 3.18. The van der Waals surface area contributed by atoms with Crippen molar-refractivity contribution in [2.45, 2.75) is 32.4 Å². The van der Waals surface area contributed by atoms with E-state index in [1.165, 1.54) is 0 Å². The van der Waals surface area contributed by atoms with Gasteiger partial charge >= 0.3 is 0 Å². The third kappa shape index (κ3) is 3.90. The summed E-state index contributed by atoms with van der Waals surface area (Å²) >= 11 is 0. The van der Waals surface area contributed by atoms with E-state index in [0.29, 0.717) is 38.6 Å². The Hall–Kier alpha value is -0.940. The highest BCUT2D eigenvalue weighted by Gasteiger charge is 2.26. The van der Waals surface area contributed by atoms with Gasteiger partial charge in [0.05, 0.1) is 6.04 Å². The molecule has 0 bridgehead atoms. The molecule has 5 nitrogen and oxygen atoms in total. The zero-order valence-electron chi connectivity index (χ0n) is 9.94. The number of ketones is 1. The molecule has 0 aromatic carbocycles. The Labute approximate surface area is 96.1 Å². The summed E-state index contributed by atoms with van der Waals surface area (Å²) in [6, 6.07) is 0.282. The molecule has 0 aromatic rings. The smallest absolute Gasteiger partial charge is 0.293 e. The maximum atomic E-state index is 11.5. The van der Waals surface area contributed by atoms with Gasteiger partial charge in [-0.25, -0.2) is 0 Å². The number of carbonyl (C=O) groups excluding carboxylic acids is 2. The minimum atomic E-state index is -0.0568. The lowest BCUT2D eigenvalue weighted by Crippen LogP contribution is -2.45. The van der Waals surface area contributed by atoms with Gasteiger partial charge in [0.2, 0.25) is 0 Å². The maximum absolute atomic E-state index is 11.5. The van der Waals surface area contributed by atoms with Crippen LogP contribution in [0.5, 0.6) is 0 Å². The summed E-state index contributed by atoms with van der Waals surface area (Å²) in [6.45, 7) is 7.11. The molecule has 0 radical (unpaired) electrons. The standard InChI is InChI=1S/C11H20N2O3/c1-9(2)13(5-6-16-8-14)7-10-11(15)3-4-12-10/h8-10,12H,3-7H2,1-2H3. The number of ether oxygens (including phenoxy) is 1. The molecule has 0 aromatic heterocycles. The average molecular weight is 228 g/mol. The van der Waals surface area contributed by atoms with Crippen molar-refractivity contribution in [3.8, 4) is 0 Å². The largest absolute Gasteiger partial charge is 0.467 e. The lowest BCUT2D eigenvalue weighted by atomic mass is 10.1. The normalized spacial score (nSPS) is 20.8. The Morgan fingerprint density at radius 2 is 2.38 bits per heavy atom. The zero-order chi connectivity index (χ0) is 12.0. The lowest BCUT2D eigenvalue weighted by molar-refractivity contribution is -0.129. The average Bonchev–Trinajstić information content (AvgIpc) is 2.63. The van der Waals surface area contributed by atoms with E-state index in [2.05, 4.69) is 28.8 Å². The van der Waals surface area contributed by atoms with Gasteiger partial charge < -0.3 is 10.1 Å². The summed E-state index contributed by atoms with van der Waals surface area (Å²) in [5.74, 6) is 0.280. The predicted molar refractivity (Wildman–Crippen MR) is 60.1 cm³/mol. The Morgan fingerprint density at radius 1 is 1.62 bits per heavy atom. The highest BCUT2D eigenvalue weighted by Crippen LogP contribution is 2.06. The number of nitrogens with one attached hydrogen (secondary N) is 1. The van der Waals surface area contributed by atoms with Gasteiger partial charge in [0.25, 0.3) is 6.47 Å². The van der Waals surface area contributed by atoms with Crippen LogP contribution in [0.25, 0.3) is 0 Å². The number of hydrogen-bond acceptors (Lipinski definition) is 5. The molecule has 1 atom stereocenters. The molecular weight excluding hydrogens is 208 g/mol. The Morgan fingerprint density at radius 3 is 2.88 bits per heavy atom. The second-order valence-corrected chi connectivity index (χ2v) is 4.28. The fraction of sp³-hybridized carbons (Fsp3) is 0.818. The van der Waals surface area contributed by atoms with Gasteiger partial charge in [-0.1, -0.05) is 0 Å². The number of carbonyl (C=O) groups is 2. The van der Waals surface area contributed by atoms with Crippen molar-refractivity contribution < 1.29 is 14.3 Å². The number of nitrogens with zero attached hydrogens (tertiary/aromatic N) is 1. The van der Waals surface area contributed by atoms with E-state index in [9.17, 15) is 9.59 Å². The minimum absolute atomic E-state index is 0.0568. The van der Waals surface area contributed by atoms with E-state index >= 15 is 0 Å². The molecule has 1 N–H and O–H groups in total. The molecule has 1 aliphatic heterocycles. The molecule has 0 spiro atoms. The van der Waals surface area contributed by atoms with Crippen LogP contribution in [0.2, 0.25) is 0 Å². The van der Waals surface area contributed by atoms with Crippen LogP contribution in [0.3, 0.4) is 0 Å². The molecule has 0 saturated carbocycles. The topological polar surface area (TPSA) is 58.6 Å². The Balaban J connectivity index is 2.37. The summed E-state index contributed by atoms with van der Waals surface area (Å²) in [7, 11) is 0. The monoisotopic (exact) mass is 228 g/mol. The van der Waals surface area contributed by atoms with E-state index in [1.807, 2.05) is 0 Å². The van der Waals surface area contributed by atoms with Gasteiger partial charge in [-0.15, -0.1) is 0 Å². The van der Waals surface area contributed by atoms with Crippen molar-refractivity contribution in [2.24, 2.45) is 0 Å². The molecule has 1 fully saturated rings. The molecule has 5 heteroatoms. The van der Waals surface area contributed by atoms with Crippen LogP contribution in [0.4, 0.5) is 0 Å². The van der Waals surface area contributed by atoms with Crippen LogP contribution >= 0.6 is 0 Å². The summed E-state index contributed by atoms with van der Waals surface area (Å²) in [5.41, 5.74) is 0. The first kappa shape index (κ1) is 13.1. The van der Waals surface area contributed by atoms with Crippen molar-refractivity contribution >= 4 is 12.3 Å². The first-order valence-corrected chi connectivity index (χ1v) is 5.70. The van der Waals surface area contributed by atoms with Crippen LogP contribution in [-0.2, 0) is 14.3 Å². The van der Waals surface area contributed by atoms with Gasteiger partial charge in [-0.3, -0.25) is 14.5 Å². The van der Waals surface area contributed by atoms with Gasteiger partial charge in [-0.2, -0.15) is 0 Å². The van der Waals surface area contributed by atoms with Crippen LogP contribution in [0.1, 0.15) is 20.3 Å². The fourth-order valence-electron chi connectivity index (χ4n) is 1.84. The highest BCUT2D eigenvalue weighted by molar-refractivity contribution is 5.86. The van der Waals surface area contributed by atoms with E-state index in [0.717, 1.165) is 6.54 Å². The SMILES string of the molecule is CC(C)N(CCOC=O)CC1NCCC1=O. The first-order valence-electron chi connectivity index (χ1n) is 5.70. The van der Waals surface area contributed by atoms with Gasteiger partial charge in [0, 0.05) is 32.1 Å². The highest BCUT2D eigenvalue weighted by atomic mass is 16.5. The second-order valence-electron chi connectivity index (χ2n) is 4.28. The van der Waals surface area contributed by atoms with E-state index < -0.39 is 0 Å². The van der Waals surface area contributed by atoms with E-state index in [1.54, 1.807) is 0 Å². The summed E-state index contributed by atoms with van der Waals surface area (Å²) in [4.78, 5) is 23.7. The maximum Gasteiger partial charge on any atom is 0.293 e. The molecule has 1 heterocycles. The van der Waals surface area contributed by atoms with Gasteiger partial charge in [0.15, 0.2) is 5.78 Å². The van der Waals surface area contributed by atoms with Crippen LogP contribution in [-0.4, -0.2) is 55.5 Å². The van der Waals surface area contributed by atoms with Gasteiger partial charge in [-0.05, 0) is 13.8 Å². The first-order chi connectivity index (χ1) is 7.65. The molecule has 1 unspecified atom stereocenters. The Kier molecular flexibility index (Phi) is 5.42. The quantitative estimate of drug-likeness (QED) is 0.483. The molecule has 0 amide bonds. The molecule has 16 heavy (non-hydrogen) atoms. The van der Waals surface area contributed by atoms with Crippen LogP contribution in [0.15, 0.2) is 0 Å². The molecular formula is C11H20N2O3. The second kappa shape index (κ2) is 6.60. The number of Topliss-reactive ketones (excluding diaryl/α,β-unsaturated/α-hetero) is 1. The van der Waals surface area contributed by atoms with E-state index in [4.69, 9.17) is 0 Å². The van der Waals surface area contributed by atoms with Crippen molar-refractivity contribution in [3.63, 3.8) is 0 Å². The molecule has 0 aliphatic carbocycles. The Bertz CT molecular complexity index is 243. The minimum Gasteiger partial charge on any atom is -0.467 e. The van der Waals surface area contributed by atoms with Crippen LogP contribution < -0.4 is 5.32 Å². The van der Waals surface area contributed by atoms with E-state index in [-0.39, 0.29) is 11.8 Å².